The van der Waals surface area contributed by atoms with Gasteiger partial charge in [0.05, 0.1) is 6.54 Å². The molecule has 8 heteroatoms. The molecule has 3 heterocycles. The fraction of sp³-hybridized carbons (Fsp3) is 0.500. The molecule has 3 amide bonds. The summed E-state index contributed by atoms with van der Waals surface area (Å²) in [7, 11) is 0. The van der Waals surface area contributed by atoms with Gasteiger partial charge in [-0.25, -0.2) is 14.8 Å². The molecule has 1 aromatic rings. The standard InChI is InChI=1S/C12H14ClN5O2/c1-7-14-8(13)5-9(15-7)18-4-2-3-12(6-18)10(19)16-11(20)17-12/h5H,2-4,6H2,1H3,(H2,16,17,19,20). The summed E-state index contributed by atoms with van der Waals surface area (Å²) in [5, 5.41) is 5.40. The van der Waals surface area contributed by atoms with Gasteiger partial charge in [-0.2, -0.15) is 0 Å². The van der Waals surface area contributed by atoms with Crippen LogP contribution < -0.4 is 15.5 Å². The normalized spacial score (nSPS) is 25.8. The topological polar surface area (TPSA) is 87.2 Å². The van der Waals surface area contributed by atoms with Gasteiger partial charge in [-0.05, 0) is 19.8 Å². The third-order valence-corrected chi connectivity index (χ3v) is 3.82. The molecule has 2 saturated heterocycles. The second-order valence-electron chi connectivity index (χ2n) is 5.11. The van der Waals surface area contributed by atoms with E-state index in [1.54, 1.807) is 13.0 Å². The van der Waals surface area contributed by atoms with Crippen LogP contribution >= 0.6 is 11.6 Å². The van der Waals surface area contributed by atoms with Crippen LogP contribution in [-0.4, -0.2) is 40.5 Å². The van der Waals surface area contributed by atoms with Crippen LogP contribution in [0.2, 0.25) is 5.15 Å². The van der Waals surface area contributed by atoms with E-state index in [1.807, 2.05) is 4.90 Å². The molecule has 0 radical (unpaired) electrons. The number of anilines is 1. The lowest BCUT2D eigenvalue weighted by molar-refractivity contribution is -0.124. The molecule has 106 valence electrons. The maximum absolute atomic E-state index is 12.0. The lowest BCUT2D eigenvalue weighted by Crippen LogP contribution is -2.58. The van der Waals surface area contributed by atoms with E-state index in [0.29, 0.717) is 29.8 Å². The number of rotatable bonds is 1. The van der Waals surface area contributed by atoms with Crippen LogP contribution in [0.1, 0.15) is 18.7 Å². The molecule has 20 heavy (non-hydrogen) atoms. The Kier molecular flexibility index (Phi) is 3.01. The summed E-state index contributed by atoms with van der Waals surface area (Å²) >= 11 is 5.95. The second-order valence-corrected chi connectivity index (χ2v) is 5.50. The molecule has 2 fully saturated rings. The largest absolute Gasteiger partial charge is 0.354 e. The number of aromatic nitrogens is 2. The highest BCUT2D eigenvalue weighted by Gasteiger charge is 2.48. The van der Waals surface area contributed by atoms with Crippen molar-refractivity contribution in [2.75, 3.05) is 18.0 Å². The number of nitrogens with zero attached hydrogens (tertiary/aromatic N) is 3. The first-order chi connectivity index (χ1) is 9.48. The Morgan fingerprint density at radius 1 is 1.40 bits per heavy atom. The van der Waals surface area contributed by atoms with Gasteiger partial charge in [-0.3, -0.25) is 10.1 Å². The summed E-state index contributed by atoms with van der Waals surface area (Å²) in [6, 6.07) is 1.23. The van der Waals surface area contributed by atoms with Crippen LogP contribution in [0.25, 0.3) is 0 Å². The summed E-state index contributed by atoms with van der Waals surface area (Å²) in [6.45, 7) is 2.91. The van der Waals surface area contributed by atoms with Crippen molar-refractivity contribution in [3.05, 3.63) is 17.0 Å². The van der Waals surface area contributed by atoms with Crippen LogP contribution in [0.4, 0.5) is 10.6 Å². The Labute approximate surface area is 120 Å². The quantitative estimate of drug-likeness (QED) is 0.586. The number of hydrogen-bond acceptors (Lipinski definition) is 5. The van der Waals surface area contributed by atoms with Crippen LogP contribution in [0.5, 0.6) is 0 Å². The first-order valence-corrected chi connectivity index (χ1v) is 6.76. The van der Waals surface area contributed by atoms with Gasteiger partial charge in [0.1, 0.15) is 22.3 Å². The average Bonchev–Trinajstić information content (AvgIpc) is 2.62. The molecule has 0 saturated carbocycles. The Morgan fingerprint density at radius 2 is 2.20 bits per heavy atom. The van der Waals surface area contributed by atoms with Crippen molar-refractivity contribution in [2.45, 2.75) is 25.3 Å². The summed E-state index contributed by atoms with van der Waals surface area (Å²) in [4.78, 5) is 33.7. The van der Waals surface area contributed by atoms with Gasteiger partial charge in [0.25, 0.3) is 5.91 Å². The molecule has 1 spiro atoms. The molecule has 3 rings (SSSR count). The SMILES string of the molecule is Cc1nc(Cl)cc(N2CCCC3(C2)NC(=O)NC3=O)n1. The van der Waals surface area contributed by atoms with Gasteiger partial charge in [0, 0.05) is 12.6 Å². The van der Waals surface area contributed by atoms with E-state index in [9.17, 15) is 9.59 Å². The van der Waals surface area contributed by atoms with Gasteiger partial charge in [0.2, 0.25) is 0 Å². The van der Waals surface area contributed by atoms with E-state index in [2.05, 4.69) is 20.6 Å². The number of hydrogen-bond donors (Lipinski definition) is 2. The van der Waals surface area contributed by atoms with Crippen molar-refractivity contribution >= 4 is 29.4 Å². The summed E-state index contributed by atoms with van der Waals surface area (Å²) in [5.74, 6) is 0.978. The first kappa shape index (κ1) is 13.1. The smallest absolute Gasteiger partial charge is 0.322 e. The highest BCUT2D eigenvalue weighted by molar-refractivity contribution is 6.29. The summed E-state index contributed by atoms with van der Waals surface area (Å²) in [6.07, 6.45) is 1.41. The second kappa shape index (κ2) is 4.59. The molecule has 2 aliphatic heterocycles. The molecule has 1 atom stereocenters. The van der Waals surface area contributed by atoms with Gasteiger partial charge in [0.15, 0.2) is 0 Å². The third-order valence-electron chi connectivity index (χ3n) is 3.62. The van der Waals surface area contributed by atoms with E-state index < -0.39 is 11.6 Å². The van der Waals surface area contributed by atoms with Crippen molar-refractivity contribution in [3.63, 3.8) is 0 Å². The summed E-state index contributed by atoms with van der Waals surface area (Å²) in [5.41, 5.74) is -0.860. The van der Waals surface area contributed by atoms with E-state index in [0.717, 1.165) is 13.0 Å². The molecule has 7 nitrogen and oxygen atoms in total. The number of imide groups is 1. The van der Waals surface area contributed by atoms with E-state index >= 15 is 0 Å². The predicted octanol–water partition coefficient (Wildman–Crippen LogP) is 0.617. The molecule has 2 N–H and O–H groups in total. The maximum atomic E-state index is 12.0. The minimum atomic E-state index is -0.860. The number of urea groups is 1. The Bertz CT molecular complexity index is 573. The molecule has 0 aliphatic carbocycles. The van der Waals surface area contributed by atoms with E-state index in [-0.39, 0.29) is 5.91 Å². The van der Waals surface area contributed by atoms with Gasteiger partial charge in [-0.1, -0.05) is 11.6 Å². The van der Waals surface area contributed by atoms with Crippen LogP contribution in [0.15, 0.2) is 6.07 Å². The number of carbonyl (C=O) groups excluding carboxylic acids is 2. The Morgan fingerprint density at radius 3 is 2.85 bits per heavy atom. The van der Waals surface area contributed by atoms with Crippen molar-refractivity contribution in [1.29, 1.82) is 0 Å². The van der Waals surface area contributed by atoms with Crippen molar-refractivity contribution < 1.29 is 9.59 Å². The van der Waals surface area contributed by atoms with Crippen LogP contribution in [0, 0.1) is 6.92 Å². The highest BCUT2D eigenvalue weighted by Crippen LogP contribution is 2.28. The fourth-order valence-electron chi connectivity index (χ4n) is 2.75. The average molecular weight is 296 g/mol. The van der Waals surface area contributed by atoms with E-state index in [4.69, 9.17) is 11.6 Å². The van der Waals surface area contributed by atoms with Crippen molar-refractivity contribution in [2.24, 2.45) is 0 Å². The predicted molar refractivity (Wildman–Crippen MR) is 72.6 cm³/mol. The zero-order valence-electron chi connectivity index (χ0n) is 10.9. The maximum Gasteiger partial charge on any atom is 0.322 e. The molecule has 0 aromatic carbocycles. The lowest BCUT2D eigenvalue weighted by Gasteiger charge is -2.38. The highest BCUT2D eigenvalue weighted by atomic mass is 35.5. The number of amides is 3. The molecular weight excluding hydrogens is 282 g/mol. The van der Waals surface area contributed by atoms with Crippen molar-refractivity contribution in [3.8, 4) is 0 Å². The van der Waals surface area contributed by atoms with Crippen LogP contribution in [-0.2, 0) is 4.79 Å². The lowest BCUT2D eigenvalue weighted by atomic mass is 9.89. The number of halogens is 1. The molecular formula is C12H14ClN5O2. The zero-order valence-corrected chi connectivity index (χ0v) is 11.7. The molecule has 1 aromatic heterocycles. The van der Waals surface area contributed by atoms with Gasteiger partial charge >= 0.3 is 6.03 Å². The zero-order chi connectivity index (χ0) is 14.3. The van der Waals surface area contributed by atoms with E-state index in [1.165, 1.54) is 0 Å². The Balaban J connectivity index is 1.88. The van der Waals surface area contributed by atoms with Gasteiger partial charge in [-0.15, -0.1) is 0 Å². The minimum Gasteiger partial charge on any atom is -0.354 e. The first-order valence-electron chi connectivity index (χ1n) is 6.38. The molecule has 2 aliphatic rings. The molecule has 1 unspecified atom stereocenters. The number of carbonyl (C=O) groups is 2. The number of piperidine rings is 1. The van der Waals surface area contributed by atoms with Crippen molar-refractivity contribution in [1.82, 2.24) is 20.6 Å². The Hall–Kier alpha value is -1.89. The molecule has 0 bridgehead atoms. The number of nitrogens with one attached hydrogen (secondary N) is 2. The number of aryl methyl sites for hydroxylation is 1. The fourth-order valence-corrected chi connectivity index (χ4v) is 2.96. The minimum absolute atomic E-state index is 0.274. The van der Waals surface area contributed by atoms with Crippen LogP contribution in [0.3, 0.4) is 0 Å². The van der Waals surface area contributed by atoms with Gasteiger partial charge < -0.3 is 10.2 Å². The third kappa shape index (κ3) is 2.18. The monoisotopic (exact) mass is 295 g/mol. The summed E-state index contributed by atoms with van der Waals surface area (Å²) < 4.78 is 0.